The Kier molecular flexibility index (Phi) is 6.12. The summed E-state index contributed by atoms with van der Waals surface area (Å²) in [4.78, 5) is 13.8. The molecule has 2 aromatic rings. The highest BCUT2D eigenvalue weighted by Gasteiger charge is 2.03. The largest absolute Gasteiger partial charge is 0.348 e. The Morgan fingerprint density at radius 3 is 2.52 bits per heavy atom. The summed E-state index contributed by atoms with van der Waals surface area (Å²) in [6.45, 7) is 3.41. The van der Waals surface area contributed by atoms with Gasteiger partial charge in [0.1, 0.15) is 0 Å². The van der Waals surface area contributed by atoms with Crippen LogP contribution in [0, 0.1) is 6.92 Å². The predicted octanol–water partition coefficient (Wildman–Crippen LogP) is 3.40. The first kappa shape index (κ1) is 17.0. The molecule has 3 heteroatoms. The molecule has 1 N–H and O–H groups in total. The Balaban J connectivity index is 1.96. The molecule has 0 saturated heterocycles. The van der Waals surface area contributed by atoms with Crippen LogP contribution in [0.25, 0.3) is 11.1 Å². The van der Waals surface area contributed by atoms with E-state index in [1.165, 1.54) is 16.7 Å². The highest BCUT2D eigenvalue weighted by atomic mass is 16.1. The number of amides is 1. The first-order valence-corrected chi connectivity index (χ1v) is 7.80. The number of carbonyl (C=O) groups is 1. The molecule has 120 valence electrons. The molecule has 0 radical (unpaired) electrons. The number of nitrogens with one attached hydrogen (secondary N) is 1. The van der Waals surface area contributed by atoms with E-state index in [-0.39, 0.29) is 5.91 Å². The van der Waals surface area contributed by atoms with Gasteiger partial charge in [-0.1, -0.05) is 54.6 Å². The fourth-order valence-electron chi connectivity index (χ4n) is 2.40. The summed E-state index contributed by atoms with van der Waals surface area (Å²) in [7, 11) is 3.94. The lowest BCUT2D eigenvalue weighted by molar-refractivity contribution is -0.116. The topological polar surface area (TPSA) is 32.3 Å². The highest BCUT2D eigenvalue weighted by molar-refractivity contribution is 5.87. The van der Waals surface area contributed by atoms with E-state index in [0.29, 0.717) is 6.54 Å². The average Bonchev–Trinajstić information content (AvgIpc) is 2.53. The van der Waals surface area contributed by atoms with Crippen molar-refractivity contribution in [1.82, 2.24) is 10.2 Å². The van der Waals surface area contributed by atoms with E-state index in [2.05, 4.69) is 42.6 Å². The van der Waals surface area contributed by atoms with Crippen molar-refractivity contribution in [3.63, 3.8) is 0 Å². The highest BCUT2D eigenvalue weighted by Crippen LogP contribution is 2.23. The van der Waals surface area contributed by atoms with Crippen LogP contribution in [0.1, 0.15) is 11.1 Å². The summed E-state index contributed by atoms with van der Waals surface area (Å²) in [5, 5.41) is 2.91. The van der Waals surface area contributed by atoms with Crippen LogP contribution in [0.15, 0.2) is 60.7 Å². The van der Waals surface area contributed by atoms with Gasteiger partial charge in [0.2, 0.25) is 5.91 Å². The zero-order chi connectivity index (χ0) is 16.7. The van der Waals surface area contributed by atoms with Crippen molar-refractivity contribution in [3.8, 4) is 11.1 Å². The maximum Gasteiger partial charge on any atom is 0.243 e. The van der Waals surface area contributed by atoms with Crippen molar-refractivity contribution >= 4 is 5.91 Å². The van der Waals surface area contributed by atoms with Crippen LogP contribution in [0.5, 0.6) is 0 Å². The average molecular weight is 308 g/mol. The normalized spacial score (nSPS) is 11.1. The zero-order valence-electron chi connectivity index (χ0n) is 14.0. The number of benzene rings is 2. The zero-order valence-corrected chi connectivity index (χ0v) is 14.0. The summed E-state index contributed by atoms with van der Waals surface area (Å²) in [5.41, 5.74) is 4.77. The van der Waals surface area contributed by atoms with Crippen molar-refractivity contribution in [2.75, 3.05) is 20.6 Å². The second-order valence-electron chi connectivity index (χ2n) is 5.90. The SMILES string of the molecule is Cc1cc(CNC(=O)/C=C/CN(C)C)ccc1-c1ccccc1. The number of nitrogens with zero attached hydrogens (tertiary/aromatic N) is 1. The summed E-state index contributed by atoms with van der Waals surface area (Å²) in [6.07, 6.45) is 3.45. The summed E-state index contributed by atoms with van der Waals surface area (Å²) < 4.78 is 0. The summed E-state index contributed by atoms with van der Waals surface area (Å²) in [5.74, 6) is -0.0587. The third kappa shape index (κ3) is 5.38. The van der Waals surface area contributed by atoms with E-state index in [1.807, 2.05) is 43.3 Å². The molecular weight excluding hydrogens is 284 g/mol. The molecule has 0 saturated carbocycles. The predicted molar refractivity (Wildman–Crippen MR) is 96.2 cm³/mol. The Bertz CT molecular complexity index is 675. The van der Waals surface area contributed by atoms with Gasteiger partial charge in [-0.15, -0.1) is 0 Å². The quantitative estimate of drug-likeness (QED) is 0.830. The first-order chi connectivity index (χ1) is 11.1. The number of likely N-dealkylation sites (N-methyl/N-ethyl adjacent to an activating group) is 1. The van der Waals surface area contributed by atoms with Gasteiger partial charge in [-0.2, -0.15) is 0 Å². The van der Waals surface area contributed by atoms with Crippen LogP contribution >= 0.6 is 0 Å². The number of hydrogen-bond donors (Lipinski definition) is 1. The summed E-state index contributed by atoms with van der Waals surface area (Å²) >= 11 is 0. The van der Waals surface area contributed by atoms with Crippen molar-refractivity contribution in [2.45, 2.75) is 13.5 Å². The van der Waals surface area contributed by atoms with Gasteiger partial charge in [0.05, 0.1) is 0 Å². The molecule has 0 spiro atoms. The number of rotatable bonds is 6. The minimum Gasteiger partial charge on any atom is -0.348 e. The molecule has 0 aromatic heterocycles. The number of carbonyl (C=O) groups excluding carboxylic acids is 1. The smallest absolute Gasteiger partial charge is 0.243 e. The van der Waals surface area contributed by atoms with E-state index in [1.54, 1.807) is 6.08 Å². The maximum atomic E-state index is 11.8. The Labute approximate surface area is 138 Å². The monoisotopic (exact) mass is 308 g/mol. The van der Waals surface area contributed by atoms with E-state index < -0.39 is 0 Å². The third-order valence-corrected chi connectivity index (χ3v) is 3.58. The van der Waals surface area contributed by atoms with Gasteiger partial charge < -0.3 is 10.2 Å². The Hall–Kier alpha value is -2.39. The second-order valence-corrected chi connectivity index (χ2v) is 5.90. The van der Waals surface area contributed by atoms with Crippen LogP contribution in [-0.4, -0.2) is 31.4 Å². The number of aryl methyl sites for hydroxylation is 1. The van der Waals surface area contributed by atoms with Gasteiger partial charge in [0.15, 0.2) is 0 Å². The molecule has 0 atom stereocenters. The summed E-state index contributed by atoms with van der Waals surface area (Å²) in [6, 6.07) is 16.6. The lowest BCUT2D eigenvalue weighted by atomic mass is 9.98. The van der Waals surface area contributed by atoms with Crippen LogP contribution in [-0.2, 0) is 11.3 Å². The molecule has 1 amide bonds. The van der Waals surface area contributed by atoms with Crippen LogP contribution in [0.4, 0.5) is 0 Å². The molecule has 2 aromatic carbocycles. The van der Waals surface area contributed by atoms with Gasteiger partial charge >= 0.3 is 0 Å². The fourth-order valence-corrected chi connectivity index (χ4v) is 2.40. The molecular formula is C20H24N2O. The molecule has 0 fully saturated rings. The molecule has 0 unspecified atom stereocenters. The van der Waals surface area contributed by atoms with E-state index in [0.717, 1.165) is 12.1 Å². The molecule has 0 aliphatic heterocycles. The molecule has 23 heavy (non-hydrogen) atoms. The lowest BCUT2D eigenvalue weighted by Crippen LogP contribution is -2.21. The minimum atomic E-state index is -0.0587. The Morgan fingerprint density at radius 2 is 1.87 bits per heavy atom. The van der Waals surface area contributed by atoms with Crippen molar-refractivity contribution in [1.29, 1.82) is 0 Å². The second kappa shape index (κ2) is 8.30. The van der Waals surface area contributed by atoms with Crippen LogP contribution in [0.2, 0.25) is 0 Å². The van der Waals surface area contributed by atoms with Crippen molar-refractivity contribution in [2.24, 2.45) is 0 Å². The third-order valence-electron chi connectivity index (χ3n) is 3.58. The van der Waals surface area contributed by atoms with Gasteiger partial charge in [-0.3, -0.25) is 4.79 Å². The fraction of sp³-hybridized carbons (Fsp3) is 0.250. The Morgan fingerprint density at radius 1 is 1.13 bits per heavy atom. The molecule has 0 aliphatic rings. The standard InChI is InChI=1S/C20H24N2O/c1-16-14-17(15-21-20(23)10-7-13-22(2)3)11-12-19(16)18-8-5-4-6-9-18/h4-12,14H,13,15H2,1-3H3,(H,21,23)/b10-7+. The van der Waals surface area contributed by atoms with E-state index >= 15 is 0 Å². The van der Waals surface area contributed by atoms with E-state index in [9.17, 15) is 4.79 Å². The molecule has 0 aliphatic carbocycles. The van der Waals surface area contributed by atoms with Gasteiger partial charge in [-0.05, 0) is 43.3 Å². The van der Waals surface area contributed by atoms with Gasteiger partial charge in [-0.25, -0.2) is 0 Å². The molecule has 2 rings (SSSR count). The molecule has 3 nitrogen and oxygen atoms in total. The van der Waals surface area contributed by atoms with Gasteiger partial charge in [0, 0.05) is 19.2 Å². The minimum absolute atomic E-state index is 0.0587. The lowest BCUT2D eigenvalue weighted by Gasteiger charge is -2.09. The molecule has 0 heterocycles. The molecule has 0 bridgehead atoms. The first-order valence-electron chi connectivity index (χ1n) is 7.80. The van der Waals surface area contributed by atoms with Gasteiger partial charge in [0.25, 0.3) is 0 Å². The number of hydrogen-bond acceptors (Lipinski definition) is 2. The van der Waals surface area contributed by atoms with Crippen molar-refractivity contribution < 1.29 is 4.79 Å². The maximum absolute atomic E-state index is 11.8. The van der Waals surface area contributed by atoms with Crippen LogP contribution < -0.4 is 5.32 Å². The van der Waals surface area contributed by atoms with Crippen LogP contribution in [0.3, 0.4) is 0 Å². The van der Waals surface area contributed by atoms with E-state index in [4.69, 9.17) is 0 Å². The van der Waals surface area contributed by atoms with Crippen molar-refractivity contribution in [3.05, 3.63) is 71.8 Å².